The van der Waals surface area contributed by atoms with Crippen molar-refractivity contribution in [3.63, 3.8) is 0 Å². The monoisotopic (exact) mass is 424 g/mol. The number of carbonyl (C=O) groups is 2. The topological polar surface area (TPSA) is 92.8 Å². The second-order valence-corrected chi connectivity index (χ2v) is 5.86. The van der Waals surface area contributed by atoms with Gasteiger partial charge in [-0.1, -0.05) is 6.07 Å². The molecule has 0 fully saturated rings. The molecule has 3 rings (SSSR count). The summed E-state index contributed by atoms with van der Waals surface area (Å²) >= 11 is 0. The highest BCUT2D eigenvalue weighted by molar-refractivity contribution is 5.91. The number of esters is 2. The standard InChI is InChI=1S/C19H15F3N2O6/c1-27-14-9-24(12-5-3-4-11(8-12)19(20,21)22)23-16(14)18(26)30-10-15-13(6-7-29-15)17(25)28-2/h3-9H,10H2,1-2H3. The minimum Gasteiger partial charge on any atom is -0.493 e. The van der Waals surface area contributed by atoms with E-state index in [0.29, 0.717) is 0 Å². The van der Waals surface area contributed by atoms with Crippen molar-refractivity contribution in [3.8, 4) is 11.4 Å². The minimum atomic E-state index is -4.53. The van der Waals surface area contributed by atoms with Gasteiger partial charge in [-0.25, -0.2) is 14.3 Å². The number of ether oxygens (including phenoxy) is 3. The molecule has 0 aliphatic rings. The van der Waals surface area contributed by atoms with Crippen molar-refractivity contribution in [2.45, 2.75) is 12.8 Å². The highest BCUT2D eigenvalue weighted by Crippen LogP contribution is 2.31. The van der Waals surface area contributed by atoms with Gasteiger partial charge in [-0.3, -0.25) is 0 Å². The Bertz CT molecular complexity index is 1070. The summed E-state index contributed by atoms with van der Waals surface area (Å²) in [6, 6.07) is 5.77. The molecule has 3 aromatic rings. The van der Waals surface area contributed by atoms with Crippen molar-refractivity contribution < 1.29 is 41.4 Å². The van der Waals surface area contributed by atoms with Crippen LogP contribution in [-0.4, -0.2) is 35.9 Å². The van der Waals surface area contributed by atoms with Crippen LogP contribution in [0.15, 0.2) is 47.2 Å². The van der Waals surface area contributed by atoms with E-state index >= 15 is 0 Å². The van der Waals surface area contributed by atoms with Gasteiger partial charge in [0, 0.05) is 0 Å². The first-order valence-electron chi connectivity index (χ1n) is 8.37. The van der Waals surface area contributed by atoms with Crippen LogP contribution in [0.3, 0.4) is 0 Å². The summed E-state index contributed by atoms with van der Waals surface area (Å²) in [4.78, 5) is 24.1. The second kappa shape index (κ2) is 8.31. The van der Waals surface area contributed by atoms with Crippen LogP contribution in [0.2, 0.25) is 0 Å². The molecule has 0 aliphatic heterocycles. The Kier molecular flexibility index (Phi) is 5.81. The zero-order chi connectivity index (χ0) is 21.9. The molecule has 11 heteroatoms. The van der Waals surface area contributed by atoms with E-state index in [2.05, 4.69) is 9.84 Å². The van der Waals surface area contributed by atoms with Crippen LogP contribution in [0.4, 0.5) is 13.2 Å². The van der Waals surface area contributed by atoms with Crippen LogP contribution in [0, 0.1) is 0 Å². The van der Waals surface area contributed by atoms with Gasteiger partial charge < -0.3 is 18.6 Å². The third-order valence-electron chi connectivity index (χ3n) is 4.02. The molecule has 0 saturated heterocycles. The lowest BCUT2D eigenvalue weighted by molar-refractivity contribution is -0.137. The smallest absolute Gasteiger partial charge is 0.416 e. The fourth-order valence-electron chi connectivity index (χ4n) is 2.55. The molecule has 0 saturated carbocycles. The fourth-order valence-corrected chi connectivity index (χ4v) is 2.55. The first-order valence-corrected chi connectivity index (χ1v) is 8.37. The second-order valence-electron chi connectivity index (χ2n) is 5.86. The number of carbonyl (C=O) groups excluding carboxylic acids is 2. The zero-order valence-electron chi connectivity index (χ0n) is 15.7. The number of aromatic nitrogens is 2. The number of furan rings is 1. The maximum absolute atomic E-state index is 12.9. The lowest BCUT2D eigenvalue weighted by Gasteiger charge is -2.08. The number of alkyl halides is 3. The first-order chi connectivity index (χ1) is 14.2. The molecule has 8 nitrogen and oxygen atoms in total. The largest absolute Gasteiger partial charge is 0.493 e. The molecule has 2 heterocycles. The molecule has 30 heavy (non-hydrogen) atoms. The molecule has 0 spiro atoms. The van der Waals surface area contributed by atoms with Crippen LogP contribution in [0.25, 0.3) is 5.69 Å². The lowest BCUT2D eigenvalue weighted by atomic mass is 10.2. The summed E-state index contributed by atoms with van der Waals surface area (Å²) in [5.74, 6) is -1.54. The van der Waals surface area contributed by atoms with Gasteiger partial charge in [0.2, 0.25) is 5.69 Å². The predicted octanol–water partition coefficient (Wildman–Crippen LogP) is 3.64. The maximum atomic E-state index is 12.9. The minimum absolute atomic E-state index is 0.00921. The van der Waals surface area contributed by atoms with Gasteiger partial charge in [-0.05, 0) is 24.3 Å². The molecular weight excluding hydrogens is 409 g/mol. The average molecular weight is 424 g/mol. The Morgan fingerprint density at radius 1 is 1.17 bits per heavy atom. The normalized spacial score (nSPS) is 11.2. The van der Waals surface area contributed by atoms with Crippen molar-refractivity contribution >= 4 is 11.9 Å². The molecule has 0 amide bonds. The molecule has 0 unspecified atom stereocenters. The molecule has 0 N–H and O–H groups in total. The molecule has 0 aliphatic carbocycles. The van der Waals surface area contributed by atoms with Crippen molar-refractivity contribution in [3.05, 3.63) is 65.4 Å². The quantitative estimate of drug-likeness (QED) is 0.558. The van der Waals surface area contributed by atoms with Crippen LogP contribution in [-0.2, 0) is 22.3 Å². The van der Waals surface area contributed by atoms with Crippen LogP contribution in [0.5, 0.6) is 5.75 Å². The van der Waals surface area contributed by atoms with Crippen LogP contribution in [0.1, 0.15) is 32.2 Å². The summed E-state index contributed by atoms with van der Waals surface area (Å²) in [7, 11) is 2.46. The first kappa shape index (κ1) is 21.0. The molecule has 1 aromatic carbocycles. The summed E-state index contributed by atoms with van der Waals surface area (Å²) in [6.45, 7) is -0.393. The summed E-state index contributed by atoms with van der Waals surface area (Å²) in [5, 5.41) is 3.98. The van der Waals surface area contributed by atoms with E-state index in [1.807, 2.05) is 0 Å². The van der Waals surface area contributed by atoms with Crippen molar-refractivity contribution in [1.82, 2.24) is 9.78 Å². The Labute approximate surface area is 167 Å². The number of nitrogens with zero attached hydrogens (tertiary/aromatic N) is 2. The van der Waals surface area contributed by atoms with Crippen LogP contribution >= 0.6 is 0 Å². The molecule has 0 bridgehead atoms. The number of halogens is 3. The molecule has 2 aromatic heterocycles. The highest BCUT2D eigenvalue weighted by Gasteiger charge is 2.31. The number of benzene rings is 1. The summed E-state index contributed by atoms with van der Waals surface area (Å²) < 4.78 is 59.8. The number of methoxy groups -OCH3 is 2. The highest BCUT2D eigenvalue weighted by atomic mass is 19.4. The summed E-state index contributed by atoms with van der Waals surface area (Å²) in [5.41, 5.74) is -0.971. The Morgan fingerprint density at radius 2 is 1.93 bits per heavy atom. The van der Waals surface area contributed by atoms with E-state index < -0.39 is 30.3 Å². The van der Waals surface area contributed by atoms with Crippen LogP contribution < -0.4 is 4.74 Å². The third-order valence-corrected chi connectivity index (χ3v) is 4.02. The molecule has 158 valence electrons. The van der Waals surface area contributed by atoms with Gasteiger partial charge in [0.1, 0.15) is 5.56 Å². The van der Waals surface area contributed by atoms with E-state index in [-0.39, 0.29) is 28.5 Å². The van der Waals surface area contributed by atoms with Gasteiger partial charge in [0.15, 0.2) is 18.1 Å². The number of hydrogen-bond acceptors (Lipinski definition) is 7. The Hall–Kier alpha value is -3.76. The van der Waals surface area contributed by atoms with Gasteiger partial charge in [-0.2, -0.15) is 18.3 Å². The molecule has 0 radical (unpaired) electrons. The Morgan fingerprint density at radius 3 is 2.60 bits per heavy atom. The van der Waals surface area contributed by atoms with E-state index in [1.54, 1.807) is 0 Å². The molecular formula is C19H15F3N2O6. The van der Waals surface area contributed by atoms with Crippen molar-refractivity contribution in [1.29, 1.82) is 0 Å². The molecule has 0 atom stereocenters. The van der Waals surface area contributed by atoms with Gasteiger partial charge >= 0.3 is 18.1 Å². The van der Waals surface area contributed by atoms with Gasteiger partial charge in [0.05, 0.1) is 37.9 Å². The van der Waals surface area contributed by atoms with Crippen molar-refractivity contribution in [2.75, 3.05) is 14.2 Å². The lowest BCUT2D eigenvalue weighted by Crippen LogP contribution is -2.10. The Balaban J connectivity index is 1.82. The predicted molar refractivity (Wildman–Crippen MR) is 94.3 cm³/mol. The van der Waals surface area contributed by atoms with E-state index in [9.17, 15) is 22.8 Å². The number of rotatable bonds is 6. The fraction of sp³-hybridized carbons (Fsp3) is 0.211. The summed E-state index contributed by atoms with van der Waals surface area (Å²) in [6.07, 6.45) is -2.05. The van der Waals surface area contributed by atoms with E-state index in [4.69, 9.17) is 13.9 Å². The third kappa shape index (κ3) is 4.29. The van der Waals surface area contributed by atoms with Gasteiger partial charge in [-0.15, -0.1) is 0 Å². The van der Waals surface area contributed by atoms with Gasteiger partial charge in [0.25, 0.3) is 0 Å². The maximum Gasteiger partial charge on any atom is 0.416 e. The average Bonchev–Trinajstić information content (AvgIpc) is 3.38. The zero-order valence-corrected chi connectivity index (χ0v) is 15.7. The number of hydrogen-bond donors (Lipinski definition) is 0. The SMILES string of the molecule is COC(=O)c1ccoc1COC(=O)c1nn(-c2cccc(C(F)(F)F)c2)cc1OC. The van der Waals surface area contributed by atoms with E-state index in [0.717, 1.165) is 16.8 Å². The van der Waals surface area contributed by atoms with Crippen molar-refractivity contribution in [2.24, 2.45) is 0 Å². The van der Waals surface area contributed by atoms with E-state index in [1.165, 1.54) is 44.9 Å².